The van der Waals surface area contributed by atoms with Crippen molar-refractivity contribution < 1.29 is 0 Å². The summed E-state index contributed by atoms with van der Waals surface area (Å²) in [6.45, 7) is 14.0. The molecule has 7 rings (SSSR count). The fourth-order valence-corrected chi connectivity index (χ4v) is 7.93. The van der Waals surface area contributed by atoms with Gasteiger partial charge in [-0.2, -0.15) is 0 Å². The molecule has 0 saturated heterocycles. The van der Waals surface area contributed by atoms with Gasteiger partial charge in [-0.3, -0.25) is 0 Å². The molecule has 46 heavy (non-hydrogen) atoms. The Morgan fingerprint density at radius 1 is 0.391 bits per heavy atom. The van der Waals surface area contributed by atoms with Gasteiger partial charge in [0, 0.05) is 0 Å². The van der Waals surface area contributed by atoms with Crippen LogP contribution in [0.25, 0.3) is 65.3 Å². The molecule has 7 aromatic carbocycles. The Balaban J connectivity index is 1.67. The zero-order valence-corrected chi connectivity index (χ0v) is 28.4. The van der Waals surface area contributed by atoms with E-state index in [0.717, 1.165) is 25.7 Å². The summed E-state index contributed by atoms with van der Waals surface area (Å²) >= 11 is 0. The molecule has 0 N–H and O–H groups in total. The average Bonchev–Trinajstić information content (AvgIpc) is 3.12. The second-order valence-electron chi connectivity index (χ2n) is 13.3. The molecule has 0 heterocycles. The third-order valence-electron chi connectivity index (χ3n) is 10.8. The van der Waals surface area contributed by atoms with Crippen molar-refractivity contribution >= 4 is 43.1 Å². The zero-order chi connectivity index (χ0) is 31.9. The zero-order valence-electron chi connectivity index (χ0n) is 28.4. The highest BCUT2D eigenvalue weighted by Gasteiger charge is 2.21. The Bertz CT molecular complexity index is 2070. The third kappa shape index (κ3) is 4.82. The SMILES string of the molecule is CCc1cccc(C(C)CC)c1-c1cc2c(ccc3c4ccccc4c(-c4c(CC)cccc4C(C)CC)cc32)c2ccccc12. The monoisotopic (exact) mass is 598 g/mol. The predicted octanol–water partition coefficient (Wildman–Crippen LogP) is 13.8. The van der Waals surface area contributed by atoms with Gasteiger partial charge < -0.3 is 0 Å². The van der Waals surface area contributed by atoms with E-state index >= 15 is 0 Å². The van der Waals surface area contributed by atoms with Crippen molar-refractivity contribution in [2.24, 2.45) is 0 Å². The predicted molar refractivity (Wildman–Crippen MR) is 204 cm³/mol. The second kappa shape index (κ2) is 12.4. The van der Waals surface area contributed by atoms with Crippen LogP contribution >= 0.6 is 0 Å². The van der Waals surface area contributed by atoms with Gasteiger partial charge in [-0.05, 0) is 137 Å². The largest absolute Gasteiger partial charge is 0.0648 e. The lowest BCUT2D eigenvalue weighted by atomic mass is 9.81. The van der Waals surface area contributed by atoms with E-state index in [9.17, 15) is 0 Å². The summed E-state index contributed by atoms with van der Waals surface area (Å²) in [6, 6.07) is 42.0. The number of hydrogen-bond acceptors (Lipinski definition) is 0. The molecule has 0 aliphatic heterocycles. The molecule has 0 bridgehead atoms. The molecule has 0 aliphatic rings. The molecule has 230 valence electrons. The third-order valence-corrected chi connectivity index (χ3v) is 10.8. The molecule has 2 unspecified atom stereocenters. The number of hydrogen-bond donors (Lipinski definition) is 0. The fraction of sp³-hybridized carbons (Fsp3) is 0.261. The van der Waals surface area contributed by atoms with E-state index in [1.54, 1.807) is 0 Å². The van der Waals surface area contributed by atoms with E-state index in [2.05, 4.69) is 151 Å². The van der Waals surface area contributed by atoms with Gasteiger partial charge >= 0.3 is 0 Å². The molecule has 0 heteroatoms. The van der Waals surface area contributed by atoms with Gasteiger partial charge in [0.15, 0.2) is 0 Å². The first-order chi connectivity index (χ1) is 22.5. The van der Waals surface area contributed by atoms with Gasteiger partial charge in [0.2, 0.25) is 0 Å². The minimum absolute atomic E-state index is 0.489. The summed E-state index contributed by atoms with van der Waals surface area (Å²) in [5.41, 5.74) is 11.4. The molecular formula is C46H46. The first-order valence-electron chi connectivity index (χ1n) is 17.5. The summed E-state index contributed by atoms with van der Waals surface area (Å²) in [6.07, 6.45) is 4.28. The summed E-state index contributed by atoms with van der Waals surface area (Å²) in [5, 5.41) is 10.7. The van der Waals surface area contributed by atoms with E-state index < -0.39 is 0 Å². The van der Waals surface area contributed by atoms with Crippen LogP contribution in [0.1, 0.15) is 88.5 Å². The lowest BCUT2D eigenvalue weighted by molar-refractivity contribution is 0.734. The maximum atomic E-state index is 2.54. The van der Waals surface area contributed by atoms with Gasteiger partial charge in [0.25, 0.3) is 0 Å². The molecular weight excluding hydrogens is 553 g/mol. The van der Waals surface area contributed by atoms with E-state index in [0.29, 0.717) is 11.8 Å². The second-order valence-corrected chi connectivity index (χ2v) is 13.3. The van der Waals surface area contributed by atoms with Crippen LogP contribution < -0.4 is 0 Å². The van der Waals surface area contributed by atoms with Crippen molar-refractivity contribution in [3.8, 4) is 22.3 Å². The Hall–Kier alpha value is -4.42. The quantitative estimate of drug-likeness (QED) is 0.153. The minimum Gasteiger partial charge on any atom is -0.0648 e. The van der Waals surface area contributed by atoms with Crippen LogP contribution in [0.15, 0.2) is 109 Å². The molecule has 0 nitrogen and oxygen atoms in total. The normalized spacial score (nSPS) is 13.2. The van der Waals surface area contributed by atoms with E-state index in [-0.39, 0.29) is 0 Å². The van der Waals surface area contributed by atoms with Gasteiger partial charge in [0.1, 0.15) is 0 Å². The Morgan fingerprint density at radius 3 is 1.13 bits per heavy atom. The number of fused-ring (bicyclic) bond motifs is 7. The van der Waals surface area contributed by atoms with Crippen LogP contribution in [-0.2, 0) is 12.8 Å². The van der Waals surface area contributed by atoms with Crippen LogP contribution in [0.4, 0.5) is 0 Å². The molecule has 0 aliphatic carbocycles. The highest BCUT2D eigenvalue weighted by atomic mass is 14.2. The Morgan fingerprint density at radius 2 is 0.761 bits per heavy atom. The van der Waals surface area contributed by atoms with Crippen LogP contribution in [0.5, 0.6) is 0 Å². The molecule has 0 saturated carbocycles. The fourth-order valence-electron chi connectivity index (χ4n) is 7.93. The maximum absolute atomic E-state index is 2.54. The van der Waals surface area contributed by atoms with Crippen LogP contribution in [0, 0.1) is 0 Å². The van der Waals surface area contributed by atoms with Crippen molar-refractivity contribution in [1.82, 2.24) is 0 Å². The molecule has 7 aromatic rings. The summed E-state index contributed by atoms with van der Waals surface area (Å²) in [7, 11) is 0. The maximum Gasteiger partial charge on any atom is -0.00923 e. The van der Waals surface area contributed by atoms with Gasteiger partial charge in [-0.25, -0.2) is 0 Å². The van der Waals surface area contributed by atoms with Gasteiger partial charge in [-0.15, -0.1) is 0 Å². The molecule has 0 aromatic heterocycles. The number of rotatable bonds is 8. The topological polar surface area (TPSA) is 0 Å². The molecule has 0 radical (unpaired) electrons. The summed E-state index contributed by atoms with van der Waals surface area (Å²) in [5.74, 6) is 0.979. The first kappa shape index (κ1) is 30.2. The lowest BCUT2D eigenvalue weighted by Crippen LogP contribution is -2.01. The van der Waals surface area contributed by atoms with Crippen molar-refractivity contribution in [1.29, 1.82) is 0 Å². The van der Waals surface area contributed by atoms with Gasteiger partial charge in [-0.1, -0.05) is 139 Å². The Labute approximate surface area is 275 Å². The Kier molecular flexibility index (Phi) is 8.16. The van der Waals surface area contributed by atoms with E-state index in [1.807, 2.05) is 0 Å². The first-order valence-corrected chi connectivity index (χ1v) is 17.5. The van der Waals surface area contributed by atoms with E-state index in [1.165, 1.54) is 87.6 Å². The highest BCUT2D eigenvalue weighted by molar-refractivity contribution is 6.26. The molecule has 2 atom stereocenters. The summed E-state index contributed by atoms with van der Waals surface area (Å²) < 4.78 is 0. The smallest absolute Gasteiger partial charge is 0.00923 e. The molecule has 0 fully saturated rings. The minimum atomic E-state index is 0.489. The van der Waals surface area contributed by atoms with E-state index in [4.69, 9.17) is 0 Å². The highest BCUT2D eigenvalue weighted by Crippen LogP contribution is 2.46. The summed E-state index contributed by atoms with van der Waals surface area (Å²) in [4.78, 5) is 0. The van der Waals surface area contributed by atoms with Crippen molar-refractivity contribution in [3.05, 3.63) is 131 Å². The van der Waals surface area contributed by atoms with Crippen LogP contribution in [0.3, 0.4) is 0 Å². The van der Waals surface area contributed by atoms with Crippen LogP contribution in [0.2, 0.25) is 0 Å². The molecule has 0 spiro atoms. The lowest BCUT2D eigenvalue weighted by Gasteiger charge is -2.23. The average molecular weight is 599 g/mol. The van der Waals surface area contributed by atoms with Crippen molar-refractivity contribution in [3.63, 3.8) is 0 Å². The van der Waals surface area contributed by atoms with Crippen LogP contribution in [-0.4, -0.2) is 0 Å². The number of benzene rings is 7. The van der Waals surface area contributed by atoms with Crippen molar-refractivity contribution in [2.75, 3.05) is 0 Å². The van der Waals surface area contributed by atoms with Crippen molar-refractivity contribution in [2.45, 2.75) is 79.1 Å². The molecule has 0 amide bonds. The standard InChI is InChI=1S/C46H46/c1-7-29(5)33-23-15-17-31(9-3)45(33)43-27-41-39(35-19-11-13-21-37(35)43)25-26-40-36-20-12-14-22-38(36)44(28-42(40)41)46-32(10-4)18-16-24-34(46)30(6)8-2/h11-30H,7-10H2,1-6H3. The van der Waals surface area contributed by atoms with Gasteiger partial charge in [0.05, 0.1) is 0 Å². The number of aryl methyl sites for hydroxylation is 2.